The summed E-state index contributed by atoms with van der Waals surface area (Å²) in [6.07, 6.45) is 0.581. The van der Waals surface area contributed by atoms with Crippen molar-refractivity contribution in [1.82, 2.24) is 15.3 Å². The molecule has 0 atom stereocenters. The minimum absolute atomic E-state index is 0.0877. The fourth-order valence-electron chi connectivity index (χ4n) is 3.07. The number of rotatable bonds is 6. The van der Waals surface area contributed by atoms with E-state index in [-0.39, 0.29) is 23.9 Å². The third kappa shape index (κ3) is 3.83. The van der Waals surface area contributed by atoms with Gasteiger partial charge in [0.2, 0.25) is 11.8 Å². The molecule has 2 aromatic heterocycles. The molecule has 0 saturated heterocycles. The Morgan fingerprint density at radius 1 is 1.07 bits per heavy atom. The lowest BCUT2D eigenvalue weighted by atomic mass is 10.1. The van der Waals surface area contributed by atoms with Crippen molar-refractivity contribution >= 4 is 16.9 Å². The molecule has 0 radical (unpaired) electrons. The van der Waals surface area contributed by atoms with Crippen LogP contribution in [0.1, 0.15) is 11.3 Å². The number of aromatic hydroxyl groups is 1. The van der Waals surface area contributed by atoms with Crippen molar-refractivity contribution in [3.8, 4) is 17.2 Å². The lowest BCUT2D eigenvalue weighted by Crippen LogP contribution is -2.27. The fraction of sp³-hybridized carbons (Fsp3) is 0.143. The van der Waals surface area contributed by atoms with Gasteiger partial charge in [0.15, 0.2) is 0 Å². The Morgan fingerprint density at radius 3 is 2.57 bits per heavy atom. The lowest BCUT2D eigenvalue weighted by molar-refractivity contribution is -0.120. The van der Waals surface area contributed by atoms with E-state index < -0.39 is 5.69 Å². The number of nitrogens with one attached hydrogen (secondary N) is 3. The largest absolute Gasteiger partial charge is 0.493 e. The molecule has 4 aromatic rings. The Labute approximate surface area is 160 Å². The maximum atomic E-state index is 11.9. The second kappa shape index (κ2) is 7.48. The molecule has 7 nitrogen and oxygen atoms in total. The molecule has 2 heterocycles. The maximum Gasteiger partial charge on any atom is 0.325 e. The van der Waals surface area contributed by atoms with Crippen LogP contribution in [0.5, 0.6) is 5.88 Å². The van der Waals surface area contributed by atoms with Crippen LogP contribution in [-0.2, 0) is 17.6 Å². The highest BCUT2D eigenvalue weighted by atomic mass is 16.3. The Morgan fingerprint density at radius 2 is 1.86 bits per heavy atom. The molecule has 0 unspecified atom stereocenters. The van der Waals surface area contributed by atoms with Crippen LogP contribution in [0.25, 0.3) is 22.3 Å². The van der Waals surface area contributed by atoms with Gasteiger partial charge in [-0.05, 0) is 24.1 Å². The van der Waals surface area contributed by atoms with E-state index in [1.807, 2.05) is 54.6 Å². The molecular formula is C21H19N3O4. The lowest BCUT2D eigenvalue weighted by Gasteiger charge is -2.05. The average molecular weight is 377 g/mol. The Hall–Kier alpha value is -3.74. The van der Waals surface area contributed by atoms with E-state index in [4.69, 9.17) is 4.42 Å². The van der Waals surface area contributed by atoms with E-state index in [0.29, 0.717) is 13.0 Å². The number of fused-ring (bicyclic) bond motifs is 1. The quantitative estimate of drug-likeness (QED) is 0.414. The highest BCUT2D eigenvalue weighted by Crippen LogP contribution is 2.27. The number of hydrogen-bond acceptors (Lipinski definition) is 4. The number of carbonyl (C=O) groups is 1. The molecule has 0 bridgehead atoms. The van der Waals surface area contributed by atoms with Crippen molar-refractivity contribution < 1.29 is 14.3 Å². The van der Waals surface area contributed by atoms with Crippen LogP contribution in [0.15, 0.2) is 63.8 Å². The summed E-state index contributed by atoms with van der Waals surface area (Å²) in [4.78, 5) is 27.5. The molecule has 0 spiro atoms. The minimum atomic E-state index is -0.537. The third-order valence-corrected chi connectivity index (χ3v) is 4.52. The normalized spacial score (nSPS) is 11.0. The Balaban J connectivity index is 1.32. The van der Waals surface area contributed by atoms with Gasteiger partial charge in [0.1, 0.15) is 11.3 Å². The number of para-hydroxylation sites is 1. The number of furan rings is 1. The zero-order valence-electron chi connectivity index (χ0n) is 15.0. The molecular weight excluding hydrogens is 358 g/mol. The molecule has 0 aliphatic carbocycles. The smallest absolute Gasteiger partial charge is 0.325 e. The monoisotopic (exact) mass is 377 g/mol. The van der Waals surface area contributed by atoms with Gasteiger partial charge in [-0.2, -0.15) is 0 Å². The van der Waals surface area contributed by atoms with Crippen LogP contribution >= 0.6 is 0 Å². The van der Waals surface area contributed by atoms with Gasteiger partial charge in [-0.15, -0.1) is 0 Å². The predicted octanol–water partition coefficient (Wildman–Crippen LogP) is 2.72. The third-order valence-electron chi connectivity index (χ3n) is 4.52. The molecule has 0 fully saturated rings. The standard InChI is InChI=1S/C21H19N3O4/c25-19(12-16-20(26)24-21(27)23-16)22-10-9-13-5-7-14(8-6-13)18-11-15-3-1-2-4-17(15)28-18/h1-8,11,26H,9-10,12H2,(H,22,25)(H2,23,24,27). The molecule has 2 aromatic carbocycles. The van der Waals surface area contributed by atoms with Crippen molar-refractivity contribution in [2.45, 2.75) is 12.8 Å². The number of benzene rings is 2. The highest BCUT2D eigenvalue weighted by Gasteiger charge is 2.11. The minimum Gasteiger partial charge on any atom is -0.493 e. The predicted molar refractivity (Wildman–Crippen MR) is 105 cm³/mol. The number of imidazole rings is 1. The summed E-state index contributed by atoms with van der Waals surface area (Å²) in [5, 5.41) is 13.3. The highest BCUT2D eigenvalue weighted by molar-refractivity contribution is 5.82. The molecule has 0 aliphatic rings. The average Bonchev–Trinajstić information content (AvgIpc) is 3.25. The molecule has 7 heteroatoms. The molecule has 4 rings (SSSR count). The molecule has 142 valence electrons. The second-order valence-corrected chi connectivity index (χ2v) is 6.53. The first-order valence-corrected chi connectivity index (χ1v) is 8.93. The Kier molecular flexibility index (Phi) is 4.72. The van der Waals surface area contributed by atoms with E-state index in [1.165, 1.54) is 0 Å². The van der Waals surface area contributed by atoms with Crippen molar-refractivity contribution in [3.05, 3.63) is 76.3 Å². The van der Waals surface area contributed by atoms with Crippen LogP contribution in [0.2, 0.25) is 0 Å². The number of carbonyl (C=O) groups excluding carboxylic acids is 1. The van der Waals surface area contributed by atoms with Gasteiger partial charge in [0.25, 0.3) is 0 Å². The van der Waals surface area contributed by atoms with Gasteiger partial charge >= 0.3 is 5.69 Å². The van der Waals surface area contributed by atoms with Gasteiger partial charge in [-0.25, -0.2) is 4.79 Å². The van der Waals surface area contributed by atoms with Crippen LogP contribution < -0.4 is 11.0 Å². The molecule has 4 N–H and O–H groups in total. The number of H-pyrrole nitrogens is 2. The summed E-state index contributed by atoms with van der Waals surface area (Å²) < 4.78 is 5.87. The van der Waals surface area contributed by atoms with Gasteiger partial charge in [-0.3, -0.25) is 9.78 Å². The Bertz CT molecular complexity index is 1140. The van der Waals surface area contributed by atoms with Crippen LogP contribution in [-0.4, -0.2) is 27.5 Å². The van der Waals surface area contributed by atoms with Gasteiger partial charge < -0.3 is 19.8 Å². The van der Waals surface area contributed by atoms with E-state index in [2.05, 4.69) is 15.3 Å². The summed E-state index contributed by atoms with van der Waals surface area (Å²) in [5.74, 6) is 0.243. The van der Waals surface area contributed by atoms with Gasteiger partial charge in [0, 0.05) is 17.5 Å². The first-order chi connectivity index (χ1) is 13.6. The summed E-state index contributed by atoms with van der Waals surface area (Å²) in [5.41, 5.74) is 2.58. The number of aromatic amines is 2. The maximum absolute atomic E-state index is 11.9. The van der Waals surface area contributed by atoms with Gasteiger partial charge in [-0.1, -0.05) is 42.5 Å². The van der Waals surface area contributed by atoms with E-state index >= 15 is 0 Å². The zero-order chi connectivity index (χ0) is 19.5. The zero-order valence-corrected chi connectivity index (χ0v) is 15.0. The van der Waals surface area contributed by atoms with Crippen molar-refractivity contribution in [1.29, 1.82) is 0 Å². The molecule has 28 heavy (non-hydrogen) atoms. The number of hydrogen-bond donors (Lipinski definition) is 4. The van der Waals surface area contributed by atoms with E-state index in [1.54, 1.807) is 0 Å². The van der Waals surface area contributed by atoms with Crippen LogP contribution in [0, 0.1) is 0 Å². The summed E-state index contributed by atoms with van der Waals surface area (Å²) >= 11 is 0. The summed E-state index contributed by atoms with van der Waals surface area (Å²) in [6.45, 7) is 0.457. The first kappa shape index (κ1) is 17.7. The van der Waals surface area contributed by atoms with Crippen molar-refractivity contribution in [2.75, 3.05) is 6.54 Å². The number of amides is 1. The van der Waals surface area contributed by atoms with Crippen LogP contribution in [0.4, 0.5) is 0 Å². The van der Waals surface area contributed by atoms with Crippen molar-refractivity contribution in [2.24, 2.45) is 0 Å². The topological polar surface area (TPSA) is 111 Å². The summed E-state index contributed by atoms with van der Waals surface area (Å²) in [6, 6.07) is 17.9. The molecule has 0 aliphatic heterocycles. The number of aromatic nitrogens is 2. The molecule has 0 saturated carbocycles. The van der Waals surface area contributed by atoms with E-state index in [9.17, 15) is 14.7 Å². The summed E-state index contributed by atoms with van der Waals surface area (Å²) in [7, 11) is 0. The van der Waals surface area contributed by atoms with Crippen LogP contribution in [0.3, 0.4) is 0 Å². The van der Waals surface area contributed by atoms with Gasteiger partial charge in [0.05, 0.1) is 12.1 Å². The van der Waals surface area contributed by atoms with E-state index in [0.717, 1.165) is 27.9 Å². The second-order valence-electron chi connectivity index (χ2n) is 6.53. The SMILES string of the molecule is O=C(Cc1[nH]c(=O)[nH]c1O)NCCc1ccc(-c2cc3ccccc3o2)cc1. The first-order valence-electron chi connectivity index (χ1n) is 8.93. The molecule has 1 amide bonds. The fourth-order valence-corrected chi connectivity index (χ4v) is 3.07. The van der Waals surface area contributed by atoms with Crippen molar-refractivity contribution in [3.63, 3.8) is 0 Å².